The van der Waals surface area contributed by atoms with Crippen LogP contribution in [0.2, 0.25) is 0 Å². The molecule has 226 valence electrons. The number of pyridine rings is 1. The Balaban J connectivity index is 1.17. The Bertz CT molecular complexity index is 2380. The minimum atomic E-state index is -0.463. The highest BCUT2D eigenvalue weighted by molar-refractivity contribution is 6.05. The highest BCUT2D eigenvalue weighted by Gasteiger charge is 2.46. The van der Waals surface area contributed by atoms with Gasteiger partial charge in [0.05, 0.1) is 5.41 Å². The molecule has 0 amide bonds. The average molecular weight is 612 g/mol. The van der Waals surface area contributed by atoms with Crippen LogP contribution in [0.1, 0.15) is 27.8 Å². The van der Waals surface area contributed by atoms with Gasteiger partial charge in [0.25, 0.3) is 0 Å². The highest BCUT2D eigenvalue weighted by Crippen LogP contribution is 2.56. The summed E-state index contributed by atoms with van der Waals surface area (Å²) in [6.45, 7) is 2.14. The summed E-state index contributed by atoms with van der Waals surface area (Å²) < 4.78 is 0. The largest absolute Gasteiger partial charge is 0.264 e. The van der Waals surface area contributed by atoms with E-state index in [1.807, 2.05) is 6.20 Å². The molecular formula is C47H33N. The minimum Gasteiger partial charge on any atom is -0.264 e. The topological polar surface area (TPSA) is 12.9 Å². The van der Waals surface area contributed by atoms with Gasteiger partial charge in [0.2, 0.25) is 0 Å². The molecule has 0 fully saturated rings. The SMILES string of the molecule is Cc1ccc(-c2ccc(-c3ccc(-c4ccc5c(c4)C(c4ccccc4)(c4ccccc4)c4cnccc4-5)cc3)c3ccccc23)cc1. The molecule has 1 nitrogen and oxygen atoms in total. The zero-order valence-corrected chi connectivity index (χ0v) is 26.8. The molecule has 0 radical (unpaired) electrons. The smallest absolute Gasteiger partial charge is 0.0728 e. The molecule has 1 aliphatic rings. The molecule has 0 spiro atoms. The van der Waals surface area contributed by atoms with E-state index in [9.17, 15) is 0 Å². The number of hydrogen-bond acceptors (Lipinski definition) is 1. The number of aryl methyl sites for hydroxylation is 1. The van der Waals surface area contributed by atoms with Crippen LogP contribution in [0.15, 0.2) is 182 Å². The summed E-state index contributed by atoms with van der Waals surface area (Å²) in [5, 5.41) is 2.54. The lowest BCUT2D eigenvalue weighted by Crippen LogP contribution is -2.28. The Labute approximate surface area is 281 Å². The van der Waals surface area contributed by atoms with Crippen LogP contribution in [0, 0.1) is 6.92 Å². The van der Waals surface area contributed by atoms with Crippen molar-refractivity contribution in [2.75, 3.05) is 0 Å². The molecule has 1 aliphatic carbocycles. The maximum absolute atomic E-state index is 4.65. The summed E-state index contributed by atoms with van der Waals surface area (Å²) in [4.78, 5) is 4.65. The standard InChI is InChI=1S/C47H33N/c1-32-16-18-34(19-17-32)39-26-27-40(42-15-9-8-14-41(39)42)35-22-20-33(21-23-35)36-24-25-43-44-28-29-48-31-46(44)47(45(43)30-36,37-10-4-2-5-11-37)38-12-6-3-7-13-38/h2-31H,1H3. The Morgan fingerprint density at radius 2 is 0.875 bits per heavy atom. The summed E-state index contributed by atoms with van der Waals surface area (Å²) in [6.07, 6.45) is 3.98. The van der Waals surface area contributed by atoms with Crippen molar-refractivity contribution < 1.29 is 0 Å². The van der Waals surface area contributed by atoms with Crippen molar-refractivity contribution in [2.24, 2.45) is 0 Å². The number of rotatable bonds is 5. The van der Waals surface area contributed by atoms with Crippen molar-refractivity contribution in [3.63, 3.8) is 0 Å². The van der Waals surface area contributed by atoms with Gasteiger partial charge >= 0.3 is 0 Å². The monoisotopic (exact) mass is 611 g/mol. The van der Waals surface area contributed by atoms with E-state index in [0.717, 1.165) is 0 Å². The predicted octanol–water partition coefficient (Wildman–Crippen LogP) is 11.9. The van der Waals surface area contributed by atoms with E-state index >= 15 is 0 Å². The first kappa shape index (κ1) is 28.2. The second kappa shape index (κ2) is 11.3. The van der Waals surface area contributed by atoms with Gasteiger partial charge in [0.15, 0.2) is 0 Å². The van der Waals surface area contributed by atoms with Crippen LogP contribution in [0.3, 0.4) is 0 Å². The van der Waals surface area contributed by atoms with Crippen LogP contribution < -0.4 is 0 Å². The Hall–Kier alpha value is -6.05. The summed E-state index contributed by atoms with van der Waals surface area (Å²) in [7, 11) is 0. The number of nitrogens with zero attached hydrogens (tertiary/aromatic N) is 1. The van der Waals surface area contributed by atoms with Gasteiger partial charge in [-0.25, -0.2) is 0 Å². The van der Waals surface area contributed by atoms with Gasteiger partial charge in [0.1, 0.15) is 0 Å². The second-order valence-corrected chi connectivity index (χ2v) is 12.8. The van der Waals surface area contributed by atoms with E-state index in [2.05, 4.69) is 188 Å². The molecule has 8 aromatic rings. The van der Waals surface area contributed by atoms with Crippen LogP contribution in [0.5, 0.6) is 0 Å². The van der Waals surface area contributed by atoms with Crippen LogP contribution in [0.4, 0.5) is 0 Å². The molecule has 0 N–H and O–H groups in total. The van der Waals surface area contributed by atoms with Gasteiger partial charge in [-0.3, -0.25) is 4.98 Å². The molecule has 0 bridgehead atoms. The van der Waals surface area contributed by atoms with E-state index in [4.69, 9.17) is 0 Å². The van der Waals surface area contributed by atoms with Gasteiger partial charge < -0.3 is 0 Å². The summed E-state index contributed by atoms with van der Waals surface area (Å²) >= 11 is 0. The lowest BCUT2D eigenvalue weighted by atomic mass is 9.68. The molecule has 0 aliphatic heterocycles. The summed E-state index contributed by atoms with van der Waals surface area (Å²) in [6, 6.07) is 62.2. The van der Waals surface area contributed by atoms with Gasteiger partial charge in [-0.2, -0.15) is 0 Å². The Morgan fingerprint density at radius 3 is 1.48 bits per heavy atom. The number of fused-ring (bicyclic) bond motifs is 4. The molecule has 1 aromatic heterocycles. The first-order valence-corrected chi connectivity index (χ1v) is 16.6. The first-order chi connectivity index (χ1) is 23.7. The zero-order chi connectivity index (χ0) is 32.1. The Morgan fingerprint density at radius 1 is 0.396 bits per heavy atom. The number of hydrogen-bond donors (Lipinski definition) is 0. The third-order valence-electron chi connectivity index (χ3n) is 10.2. The number of benzene rings is 7. The van der Waals surface area contributed by atoms with Crippen molar-refractivity contribution in [1.82, 2.24) is 4.98 Å². The van der Waals surface area contributed by atoms with Gasteiger partial charge in [0, 0.05) is 12.4 Å². The summed E-state index contributed by atoms with van der Waals surface area (Å²) in [5.74, 6) is 0. The van der Waals surface area contributed by atoms with Crippen molar-refractivity contribution in [1.29, 1.82) is 0 Å². The van der Waals surface area contributed by atoms with Crippen molar-refractivity contribution in [3.8, 4) is 44.5 Å². The van der Waals surface area contributed by atoms with Crippen molar-refractivity contribution in [3.05, 3.63) is 210 Å². The third-order valence-corrected chi connectivity index (χ3v) is 10.2. The van der Waals surface area contributed by atoms with Gasteiger partial charge in [-0.1, -0.05) is 163 Å². The second-order valence-electron chi connectivity index (χ2n) is 12.8. The maximum atomic E-state index is 4.65. The van der Waals surface area contributed by atoms with Crippen LogP contribution >= 0.6 is 0 Å². The molecule has 7 aromatic carbocycles. The summed E-state index contributed by atoms with van der Waals surface area (Å²) in [5.41, 5.74) is 15.7. The molecule has 0 atom stereocenters. The van der Waals surface area contributed by atoms with E-state index in [0.29, 0.717) is 0 Å². The molecule has 48 heavy (non-hydrogen) atoms. The van der Waals surface area contributed by atoms with E-state index in [1.54, 1.807) is 0 Å². The number of aromatic nitrogens is 1. The predicted molar refractivity (Wildman–Crippen MR) is 200 cm³/mol. The maximum Gasteiger partial charge on any atom is 0.0728 e. The fourth-order valence-electron chi connectivity index (χ4n) is 7.89. The third kappa shape index (κ3) is 4.36. The van der Waals surface area contributed by atoms with E-state index < -0.39 is 5.41 Å². The van der Waals surface area contributed by atoms with Crippen molar-refractivity contribution in [2.45, 2.75) is 12.3 Å². The zero-order valence-electron chi connectivity index (χ0n) is 26.8. The lowest BCUT2D eigenvalue weighted by Gasteiger charge is -2.33. The highest BCUT2D eigenvalue weighted by atomic mass is 14.6. The van der Waals surface area contributed by atoms with E-state index in [-0.39, 0.29) is 0 Å². The molecule has 9 rings (SSSR count). The molecule has 1 heterocycles. The average Bonchev–Trinajstić information content (AvgIpc) is 3.46. The molecule has 0 unspecified atom stereocenters. The first-order valence-electron chi connectivity index (χ1n) is 16.6. The normalized spacial score (nSPS) is 12.9. The van der Waals surface area contributed by atoms with Crippen LogP contribution in [0.25, 0.3) is 55.3 Å². The fourth-order valence-corrected chi connectivity index (χ4v) is 7.89. The van der Waals surface area contributed by atoms with E-state index in [1.165, 1.54) is 83.1 Å². The molecule has 1 heteroatoms. The fraction of sp³-hybridized carbons (Fsp3) is 0.0426. The molecule has 0 saturated carbocycles. The molecule has 0 saturated heterocycles. The van der Waals surface area contributed by atoms with Crippen LogP contribution in [-0.2, 0) is 5.41 Å². The Kier molecular flexibility index (Phi) is 6.66. The lowest BCUT2D eigenvalue weighted by molar-refractivity contribution is 0.764. The van der Waals surface area contributed by atoms with Crippen LogP contribution in [-0.4, -0.2) is 4.98 Å². The van der Waals surface area contributed by atoms with Gasteiger partial charge in [-0.15, -0.1) is 0 Å². The van der Waals surface area contributed by atoms with Gasteiger partial charge in [-0.05, 0) is 96.6 Å². The minimum absolute atomic E-state index is 0.463. The quantitative estimate of drug-likeness (QED) is 0.189. The molecular weight excluding hydrogens is 579 g/mol. The van der Waals surface area contributed by atoms with Crippen molar-refractivity contribution >= 4 is 10.8 Å².